The fourth-order valence-electron chi connectivity index (χ4n) is 5.06. The Balaban J connectivity index is 1.41. The Morgan fingerprint density at radius 3 is 2.75 bits per heavy atom. The minimum atomic E-state index is -1.03. The summed E-state index contributed by atoms with van der Waals surface area (Å²) in [5.41, 5.74) is 2.60. The number of carbonyl (C=O) groups excluding carboxylic acids is 1. The first kappa shape index (κ1) is 23.7. The van der Waals surface area contributed by atoms with Crippen LogP contribution in [0.25, 0.3) is 10.9 Å². The van der Waals surface area contributed by atoms with Crippen molar-refractivity contribution in [3.8, 4) is 11.8 Å². The monoisotopic (exact) mass is 486 g/mol. The van der Waals surface area contributed by atoms with Gasteiger partial charge in [0.2, 0.25) is 0 Å². The topological polar surface area (TPSA) is 104 Å². The first-order valence-electron chi connectivity index (χ1n) is 12.2. The smallest absolute Gasteiger partial charge is 0.404 e. The Kier molecular flexibility index (Phi) is 6.55. The van der Waals surface area contributed by atoms with Crippen LogP contribution in [-0.4, -0.2) is 33.1 Å². The maximum absolute atomic E-state index is 14.6. The van der Waals surface area contributed by atoms with Crippen molar-refractivity contribution < 1.29 is 19.1 Å². The number of amides is 2. The minimum Gasteiger partial charge on any atom is -0.465 e. The van der Waals surface area contributed by atoms with E-state index < -0.39 is 17.8 Å². The summed E-state index contributed by atoms with van der Waals surface area (Å²) >= 11 is 0. The quantitative estimate of drug-likeness (QED) is 0.433. The molecule has 0 bridgehead atoms. The van der Waals surface area contributed by atoms with Crippen molar-refractivity contribution in [2.45, 2.75) is 51.0 Å². The van der Waals surface area contributed by atoms with E-state index in [0.717, 1.165) is 31.2 Å². The molecule has 3 N–H and O–H groups in total. The van der Waals surface area contributed by atoms with Gasteiger partial charge in [-0.15, -0.1) is 0 Å². The number of nitrogens with one attached hydrogen (secondary N) is 2. The maximum atomic E-state index is 14.6. The van der Waals surface area contributed by atoms with E-state index in [0.29, 0.717) is 29.5 Å². The van der Waals surface area contributed by atoms with Crippen LogP contribution < -0.4 is 10.6 Å². The number of fused-ring (bicyclic) bond motifs is 1. The van der Waals surface area contributed by atoms with Crippen molar-refractivity contribution in [1.29, 1.82) is 0 Å². The second kappa shape index (κ2) is 9.94. The molecule has 0 aliphatic heterocycles. The maximum Gasteiger partial charge on any atom is 0.404 e. The number of rotatable bonds is 4. The second-order valence-corrected chi connectivity index (χ2v) is 9.83. The molecule has 1 aromatic carbocycles. The van der Waals surface area contributed by atoms with Gasteiger partial charge in [0.1, 0.15) is 5.82 Å². The number of anilines is 1. The van der Waals surface area contributed by atoms with E-state index in [1.54, 1.807) is 24.7 Å². The molecule has 3 atom stereocenters. The molecular formula is C28H27FN4O3. The van der Waals surface area contributed by atoms with Crippen molar-refractivity contribution in [3.05, 3.63) is 65.4 Å². The van der Waals surface area contributed by atoms with Gasteiger partial charge in [0.05, 0.1) is 23.0 Å². The summed E-state index contributed by atoms with van der Waals surface area (Å²) in [5, 5.41) is 15.0. The van der Waals surface area contributed by atoms with Crippen LogP contribution in [0.4, 0.5) is 14.9 Å². The standard InChI is InChI=1S/C28H27FN4O3/c1-16-10-19(13-20(11-16)32-28(35)36)21-8-9-30-15-25(21)33-27(34)22-6-7-24(29)23-12-18(14-31-26(22)23)5-4-17-2-3-17/h6-9,12,14-17,19-20,32H,2-3,10-11,13H2,1H3,(H,33,34)(H,35,36)/t16-,19+,20-/m0/s1. The van der Waals surface area contributed by atoms with E-state index >= 15 is 0 Å². The third-order valence-electron chi connectivity index (χ3n) is 6.85. The summed E-state index contributed by atoms with van der Waals surface area (Å²) in [6, 6.07) is 6.04. The number of halogens is 1. The van der Waals surface area contributed by atoms with Crippen molar-refractivity contribution in [1.82, 2.24) is 15.3 Å². The average molecular weight is 487 g/mol. The number of carboxylic acid groups (broad SMARTS) is 1. The zero-order valence-electron chi connectivity index (χ0n) is 19.9. The molecule has 0 radical (unpaired) electrons. The van der Waals surface area contributed by atoms with Gasteiger partial charge in [0.15, 0.2) is 0 Å². The van der Waals surface area contributed by atoms with E-state index in [4.69, 9.17) is 0 Å². The van der Waals surface area contributed by atoms with Crippen LogP contribution in [0.3, 0.4) is 0 Å². The highest BCUT2D eigenvalue weighted by Crippen LogP contribution is 2.39. The summed E-state index contributed by atoms with van der Waals surface area (Å²) in [6.07, 6.45) is 8.27. The molecule has 184 valence electrons. The van der Waals surface area contributed by atoms with Gasteiger partial charge in [0.25, 0.3) is 5.91 Å². The van der Waals surface area contributed by atoms with Crippen LogP contribution in [0, 0.1) is 29.5 Å². The summed E-state index contributed by atoms with van der Waals surface area (Å²) < 4.78 is 14.6. The summed E-state index contributed by atoms with van der Waals surface area (Å²) in [4.78, 5) is 33.1. The Hall–Kier alpha value is -3.99. The van der Waals surface area contributed by atoms with E-state index in [2.05, 4.69) is 39.4 Å². The lowest BCUT2D eigenvalue weighted by atomic mass is 9.76. The van der Waals surface area contributed by atoms with Crippen molar-refractivity contribution in [2.75, 3.05) is 5.32 Å². The van der Waals surface area contributed by atoms with E-state index in [1.165, 1.54) is 12.1 Å². The van der Waals surface area contributed by atoms with Crippen LogP contribution in [0.15, 0.2) is 42.9 Å². The molecule has 5 rings (SSSR count). The Bertz CT molecular complexity index is 1390. The number of pyridine rings is 2. The van der Waals surface area contributed by atoms with Gasteiger partial charge in [-0.3, -0.25) is 14.8 Å². The SMILES string of the molecule is C[C@@H]1C[C@H](NC(=O)O)C[C@H](c2ccncc2NC(=O)c2ccc(F)c3cc(C#CC4CC4)cnc23)C1. The van der Waals surface area contributed by atoms with Gasteiger partial charge in [-0.1, -0.05) is 18.8 Å². The number of hydrogen-bond donors (Lipinski definition) is 3. The van der Waals surface area contributed by atoms with Crippen molar-refractivity contribution in [2.24, 2.45) is 11.8 Å². The highest BCUT2D eigenvalue weighted by atomic mass is 19.1. The fraction of sp³-hybridized carbons (Fsp3) is 0.357. The van der Waals surface area contributed by atoms with E-state index in [1.807, 2.05) is 6.07 Å². The molecule has 2 saturated carbocycles. The molecule has 2 heterocycles. The lowest BCUT2D eigenvalue weighted by molar-refractivity contribution is 0.102. The van der Waals surface area contributed by atoms with Gasteiger partial charge in [-0.25, -0.2) is 9.18 Å². The Morgan fingerprint density at radius 2 is 1.97 bits per heavy atom. The molecule has 2 aromatic heterocycles. The predicted octanol–water partition coefficient (Wildman–Crippen LogP) is 5.32. The summed E-state index contributed by atoms with van der Waals surface area (Å²) in [5.74, 6) is 6.11. The van der Waals surface area contributed by atoms with Crippen molar-refractivity contribution in [3.63, 3.8) is 0 Å². The molecule has 0 saturated heterocycles. The minimum absolute atomic E-state index is 0.0552. The van der Waals surface area contributed by atoms with E-state index in [9.17, 15) is 19.1 Å². The number of carbonyl (C=O) groups is 2. The Morgan fingerprint density at radius 1 is 1.14 bits per heavy atom. The average Bonchev–Trinajstić information content (AvgIpc) is 3.67. The first-order chi connectivity index (χ1) is 17.4. The predicted molar refractivity (Wildman–Crippen MR) is 134 cm³/mol. The number of hydrogen-bond acceptors (Lipinski definition) is 4. The zero-order valence-corrected chi connectivity index (χ0v) is 19.9. The molecule has 0 unspecified atom stereocenters. The molecule has 36 heavy (non-hydrogen) atoms. The lowest BCUT2D eigenvalue weighted by Crippen LogP contribution is -2.39. The third kappa shape index (κ3) is 5.30. The zero-order chi connectivity index (χ0) is 25.2. The number of aromatic nitrogens is 2. The van der Waals surface area contributed by atoms with Crippen LogP contribution in [0.2, 0.25) is 0 Å². The molecule has 8 heteroatoms. The van der Waals surface area contributed by atoms with Gasteiger partial charge < -0.3 is 15.7 Å². The molecule has 2 aliphatic rings. The molecule has 7 nitrogen and oxygen atoms in total. The molecule has 3 aromatic rings. The van der Waals surface area contributed by atoms with Crippen LogP contribution in [0.5, 0.6) is 0 Å². The van der Waals surface area contributed by atoms with Crippen molar-refractivity contribution >= 4 is 28.6 Å². The first-order valence-corrected chi connectivity index (χ1v) is 12.2. The largest absolute Gasteiger partial charge is 0.465 e. The normalized spacial score (nSPS) is 21.3. The van der Waals surface area contributed by atoms with Gasteiger partial charge in [0, 0.05) is 35.3 Å². The van der Waals surface area contributed by atoms with Gasteiger partial charge >= 0.3 is 6.09 Å². The van der Waals surface area contributed by atoms with Crippen LogP contribution >= 0.6 is 0 Å². The number of benzene rings is 1. The second-order valence-electron chi connectivity index (χ2n) is 9.83. The van der Waals surface area contributed by atoms with Gasteiger partial charge in [-0.05, 0) is 73.8 Å². The fourth-order valence-corrected chi connectivity index (χ4v) is 5.06. The molecular weight excluding hydrogens is 459 g/mol. The van der Waals surface area contributed by atoms with Crippen LogP contribution in [0.1, 0.15) is 66.4 Å². The molecule has 2 fully saturated rings. The summed E-state index contributed by atoms with van der Waals surface area (Å²) in [6.45, 7) is 2.10. The van der Waals surface area contributed by atoms with Crippen LogP contribution in [-0.2, 0) is 0 Å². The molecule has 2 amide bonds. The highest BCUT2D eigenvalue weighted by Gasteiger charge is 2.30. The highest BCUT2D eigenvalue weighted by molar-refractivity contribution is 6.12. The lowest BCUT2D eigenvalue weighted by Gasteiger charge is -2.34. The van der Waals surface area contributed by atoms with Gasteiger partial charge in [-0.2, -0.15) is 0 Å². The number of nitrogens with zero attached hydrogens (tertiary/aromatic N) is 2. The Labute approximate surface area is 208 Å². The molecule has 0 spiro atoms. The molecule has 2 aliphatic carbocycles. The van der Waals surface area contributed by atoms with E-state index in [-0.39, 0.29) is 28.4 Å². The third-order valence-corrected chi connectivity index (χ3v) is 6.85. The summed E-state index contributed by atoms with van der Waals surface area (Å²) in [7, 11) is 0.